The number of halogens is 1. The molecular weight excluding hydrogens is 386 g/mol. The first-order chi connectivity index (χ1) is 12.7. The maximum atomic E-state index is 11.3. The van der Waals surface area contributed by atoms with Crippen molar-refractivity contribution in [2.45, 2.75) is 19.0 Å². The molecule has 0 spiro atoms. The van der Waals surface area contributed by atoms with Crippen LogP contribution in [0.25, 0.3) is 21.5 Å². The van der Waals surface area contributed by atoms with Gasteiger partial charge in [0.2, 0.25) is 0 Å². The first kappa shape index (κ1) is 20.0. The highest BCUT2D eigenvalue weighted by Crippen LogP contribution is 2.36. The standard InChI is InChI=1S/C20H22ClNO4S/c1-20(12-23,13-26-27(2,24)25)22-11-18-14-7-3-5-9-16(14)19(21)17-10-6-4-8-15(17)18/h3-10,22-23H,11-13H2,1-2H3. The molecule has 0 fully saturated rings. The zero-order chi connectivity index (χ0) is 19.7. The van der Waals surface area contributed by atoms with Crippen molar-refractivity contribution in [3.05, 3.63) is 59.1 Å². The summed E-state index contributed by atoms with van der Waals surface area (Å²) >= 11 is 6.62. The average Bonchev–Trinajstić information content (AvgIpc) is 2.66. The lowest BCUT2D eigenvalue weighted by atomic mass is 9.95. The van der Waals surface area contributed by atoms with Gasteiger partial charge in [0.15, 0.2) is 0 Å². The van der Waals surface area contributed by atoms with Gasteiger partial charge < -0.3 is 10.4 Å². The zero-order valence-corrected chi connectivity index (χ0v) is 16.8. The van der Waals surface area contributed by atoms with Crippen LogP contribution in [0.5, 0.6) is 0 Å². The summed E-state index contributed by atoms with van der Waals surface area (Å²) in [5.74, 6) is 0. The number of rotatable bonds is 7. The maximum absolute atomic E-state index is 11.3. The molecule has 144 valence electrons. The maximum Gasteiger partial charge on any atom is 0.264 e. The molecule has 0 saturated carbocycles. The van der Waals surface area contributed by atoms with E-state index >= 15 is 0 Å². The number of hydrogen-bond donors (Lipinski definition) is 2. The first-order valence-electron chi connectivity index (χ1n) is 8.52. The Kier molecular flexibility index (Phi) is 5.74. The van der Waals surface area contributed by atoms with Crippen molar-refractivity contribution in [1.82, 2.24) is 5.32 Å². The van der Waals surface area contributed by atoms with E-state index in [1.807, 2.05) is 48.5 Å². The highest BCUT2D eigenvalue weighted by molar-refractivity contribution is 7.85. The normalized spacial score (nSPS) is 14.5. The van der Waals surface area contributed by atoms with Crippen LogP contribution in [-0.2, 0) is 20.8 Å². The fourth-order valence-corrected chi connectivity index (χ4v) is 3.85. The SMILES string of the molecule is CC(CO)(COS(C)(=O)=O)NCc1c2ccccc2c(Cl)c2ccccc12. The summed E-state index contributed by atoms with van der Waals surface area (Å²) in [7, 11) is -3.59. The van der Waals surface area contributed by atoms with Crippen molar-refractivity contribution < 1.29 is 17.7 Å². The van der Waals surface area contributed by atoms with Gasteiger partial charge in [0.05, 0.1) is 30.0 Å². The van der Waals surface area contributed by atoms with E-state index in [-0.39, 0.29) is 13.2 Å². The van der Waals surface area contributed by atoms with E-state index in [0.717, 1.165) is 33.4 Å². The summed E-state index contributed by atoms with van der Waals surface area (Å²) in [6.45, 7) is 1.71. The summed E-state index contributed by atoms with van der Waals surface area (Å²) < 4.78 is 27.5. The van der Waals surface area contributed by atoms with Gasteiger partial charge in [-0.05, 0) is 23.3 Å². The molecule has 0 saturated heterocycles. The largest absolute Gasteiger partial charge is 0.394 e. The van der Waals surface area contributed by atoms with Crippen LogP contribution in [0.2, 0.25) is 5.02 Å². The minimum absolute atomic E-state index is 0.161. The molecule has 0 bridgehead atoms. The Labute approximate surface area is 164 Å². The van der Waals surface area contributed by atoms with Crippen LogP contribution in [-0.4, -0.2) is 38.5 Å². The molecule has 3 aromatic carbocycles. The van der Waals surface area contributed by atoms with Crippen LogP contribution < -0.4 is 5.32 Å². The van der Waals surface area contributed by atoms with E-state index in [2.05, 4.69) is 5.32 Å². The monoisotopic (exact) mass is 407 g/mol. The molecule has 27 heavy (non-hydrogen) atoms. The molecule has 0 heterocycles. The molecule has 0 radical (unpaired) electrons. The second-order valence-corrected chi connectivity index (χ2v) is 8.94. The highest BCUT2D eigenvalue weighted by Gasteiger charge is 2.26. The van der Waals surface area contributed by atoms with Gasteiger partial charge in [-0.2, -0.15) is 8.42 Å². The van der Waals surface area contributed by atoms with Gasteiger partial charge in [0.25, 0.3) is 10.1 Å². The summed E-state index contributed by atoms with van der Waals surface area (Å²) in [5, 5.41) is 17.7. The Morgan fingerprint density at radius 1 is 1.04 bits per heavy atom. The molecule has 3 rings (SSSR count). The Hall–Kier alpha value is -1.70. The van der Waals surface area contributed by atoms with Gasteiger partial charge in [-0.3, -0.25) is 4.18 Å². The fraction of sp³-hybridized carbons (Fsp3) is 0.300. The molecule has 3 aromatic rings. The average molecular weight is 408 g/mol. The Bertz CT molecular complexity index is 1030. The van der Waals surface area contributed by atoms with E-state index < -0.39 is 15.7 Å². The summed E-state index contributed by atoms with van der Waals surface area (Å²) in [5.41, 5.74) is 0.120. The minimum Gasteiger partial charge on any atom is -0.394 e. The Morgan fingerprint density at radius 2 is 1.52 bits per heavy atom. The van der Waals surface area contributed by atoms with Gasteiger partial charge in [-0.25, -0.2) is 0 Å². The van der Waals surface area contributed by atoms with E-state index in [1.165, 1.54) is 0 Å². The Morgan fingerprint density at radius 3 is 1.96 bits per heavy atom. The topological polar surface area (TPSA) is 75.6 Å². The molecule has 0 aliphatic carbocycles. The minimum atomic E-state index is -3.59. The van der Waals surface area contributed by atoms with Crippen molar-refractivity contribution in [2.75, 3.05) is 19.5 Å². The molecule has 0 aromatic heterocycles. The van der Waals surface area contributed by atoms with E-state index in [1.54, 1.807) is 6.92 Å². The van der Waals surface area contributed by atoms with Crippen LogP contribution in [0, 0.1) is 0 Å². The molecule has 2 N–H and O–H groups in total. The van der Waals surface area contributed by atoms with E-state index in [4.69, 9.17) is 15.8 Å². The van der Waals surface area contributed by atoms with Crippen LogP contribution >= 0.6 is 11.6 Å². The molecule has 0 aliphatic rings. The van der Waals surface area contributed by atoms with Gasteiger partial charge in [0, 0.05) is 17.3 Å². The number of hydrogen-bond acceptors (Lipinski definition) is 5. The molecule has 1 unspecified atom stereocenters. The number of aliphatic hydroxyl groups excluding tert-OH is 1. The molecule has 1 atom stereocenters. The number of aliphatic hydroxyl groups is 1. The Balaban J connectivity index is 2.01. The van der Waals surface area contributed by atoms with Crippen molar-refractivity contribution in [3.63, 3.8) is 0 Å². The van der Waals surface area contributed by atoms with Crippen molar-refractivity contribution in [2.24, 2.45) is 0 Å². The van der Waals surface area contributed by atoms with Crippen LogP contribution in [0.1, 0.15) is 12.5 Å². The van der Waals surface area contributed by atoms with Crippen LogP contribution in [0.4, 0.5) is 0 Å². The molecule has 0 amide bonds. The third kappa shape index (κ3) is 4.42. The van der Waals surface area contributed by atoms with E-state index in [9.17, 15) is 13.5 Å². The van der Waals surface area contributed by atoms with Crippen molar-refractivity contribution in [1.29, 1.82) is 0 Å². The number of nitrogens with one attached hydrogen (secondary N) is 1. The third-order valence-corrected chi connectivity index (χ3v) is 5.56. The smallest absolute Gasteiger partial charge is 0.264 e. The lowest BCUT2D eigenvalue weighted by Gasteiger charge is -2.28. The first-order valence-corrected chi connectivity index (χ1v) is 10.7. The van der Waals surface area contributed by atoms with Gasteiger partial charge in [-0.15, -0.1) is 0 Å². The number of benzene rings is 3. The van der Waals surface area contributed by atoms with Crippen LogP contribution in [0.3, 0.4) is 0 Å². The number of fused-ring (bicyclic) bond motifs is 2. The third-order valence-electron chi connectivity index (χ3n) is 4.61. The van der Waals surface area contributed by atoms with E-state index in [0.29, 0.717) is 11.6 Å². The quantitative estimate of drug-likeness (QED) is 0.463. The van der Waals surface area contributed by atoms with Crippen molar-refractivity contribution >= 4 is 43.3 Å². The van der Waals surface area contributed by atoms with Gasteiger partial charge in [0.1, 0.15) is 0 Å². The molecule has 7 heteroatoms. The second kappa shape index (κ2) is 7.73. The summed E-state index contributed by atoms with van der Waals surface area (Å²) in [4.78, 5) is 0. The summed E-state index contributed by atoms with van der Waals surface area (Å²) in [6, 6.07) is 15.8. The van der Waals surface area contributed by atoms with Gasteiger partial charge >= 0.3 is 0 Å². The predicted octanol–water partition coefficient (Wildman–Crippen LogP) is 3.46. The lowest BCUT2D eigenvalue weighted by molar-refractivity contribution is 0.118. The molecular formula is C20H22ClNO4S. The predicted molar refractivity (Wildman–Crippen MR) is 110 cm³/mol. The zero-order valence-electron chi connectivity index (χ0n) is 15.2. The highest BCUT2D eigenvalue weighted by atomic mass is 35.5. The molecule has 5 nitrogen and oxygen atoms in total. The second-order valence-electron chi connectivity index (χ2n) is 6.92. The summed E-state index contributed by atoms with van der Waals surface area (Å²) in [6.07, 6.45) is 0.991. The van der Waals surface area contributed by atoms with Crippen molar-refractivity contribution in [3.8, 4) is 0 Å². The lowest BCUT2D eigenvalue weighted by Crippen LogP contribution is -2.49. The molecule has 0 aliphatic heterocycles. The van der Waals surface area contributed by atoms with Gasteiger partial charge in [-0.1, -0.05) is 60.1 Å². The van der Waals surface area contributed by atoms with Crippen LogP contribution in [0.15, 0.2) is 48.5 Å². The fourth-order valence-electron chi connectivity index (χ4n) is 3.05.